The SMILES string of the molecule is CC(C)(C)c1cc2c(=O)c3ccccc3n3c4ccc(-n5c6cc(-c7ccccc7)ccc6c6ccc(-c7ccccc7)cc65)cc4c(=O)c(c1)c23. The second-order valence-corrected chi connectivity index (χ2v) is 14.9. The number of nitrogens with zero attached hydrogens (tertiary/aromatic N) is 2. The molecule has 0 aliphatic rings. The molecule has 0 spiro atoms. The van der Waals surface area contributed by atoms with Gasteiger partial charge in [0.15, 0.2) is 10.9 Å². The molecule has 0 fully saturated rings. The maximum Gasteiger partial charge on any atom is 0.197 e. The third-order valence-corrected chi connectivity index (χ3v) is 10.8. The maximum absolute atomic E-state index is 14.8. The standard InChI is InChI=1S/C48H34N2O2/c1-48(2,3)33-26-39-45-40(27-33)47(52)38-28-34(20-23-42(38)50(45)41-17-11-10-16-37(41)46(39)51)49-43-24-31(29-12-6-4-7-13-29)18-21-35(43)36-22-19-32(25-44(36)49)30-14-8-5-9-15-30/h4-28H,1-3H3. The Kier molecular flexibility index (Phi) is 6.41. The van der Waals surface area contributed by atoms with Crippen molar-refractivity contribution in [2.24, 2.45) is 0 Å². The summed E-state index contributed by atoms with van der Waals surface area (Å²) < 4.78 is 4.43. The van der Waals surface area contributed by atoms with Gasteiger partial charge in [-0.25, -0.2) is 0 Å². The molecule has 0 atom stereocenters. The molecule has 0 N–H and O–H groups in total. The van der Waals surface area contributed by atoms with Crippen LogP contribution in [0.3, 0.4) is 0 Å². The van der Waals surface area contributed by atoms with E-state index in [1.54, 1.807) is 0 Å². The van der Waals surface area contributed by atoms with E-state index in [9.17, 15) is 9.59 Å². The fourth-order valence-electron chi connectivity index (χ4n) is 8.13. The highest BCUT2D eigenvalue weighted by atomic mass is 16.1. The van der Waals surface area contributed by atoms with Gasteiger partial charge in [-0.05, 0) is 87.8 Å². The van der Waals surface area contributed by atoms with Crippen LogP contribution in [0.15, 0.2) is 161 Å². The topological polar surface area (TPSA) is 43.5 Å². The highest BCUT2D eigenvalue weighted by Gasteiger charge is 2.23. The highest BCUT2D eigenvalue weighted by molar-refractivity contribution is 6.12. The number of hydrogen-bond acceptors (Lipinski definition) is 2. The summed E-state index contributed by atoms with van der Waals surface area (Å²) in [5.74, 6) is 0. The summed E-state index contributed by atoms with van der Waals surface area (Å²) in [6.07, 6.45) is 0. The summed E-state index contributed by atoms with van der Waals surface area (Å²) in [6.45, 7) is 6.36. The minimum atomic E-state index is -0.258. The number of para-hydroxylation sites is 1. The van der Waals surface area contributed by atoms with Crippen molar-refractivity contribution in [3.05, 3.63) is 178 Å². The van der Waals surface area contributed by atoms with Crippen LogP contribution in [0, 0.1) is 0 Å². The fraction of sp³-hybridized carbons (Fsp3) is 0.0833. The molecular formula is C48H34N2O2. The Labute approximate surface area is 299 Å². The molecule has 0 saturated carbocycles. The number of hydrogen-bond donors (Lipinski definition) is 0. The average molecular weight is 671 g/mol. The second-order valence-electron chi connectivity index (χ2n) is 14.9. The molecule has 248 valence electrons. The molecule has 0 bridgehead atoms. The van der Waals surface area contributed by atoms with Crippen molar-refractivity contribution < 1.29 is 0 Å². The lowest BCUT2D eigenvalue weighted by Gasteiger charge is -2.22. The van der Waals surface area contributed by atoms with Crippen LogP contribution in [-0.2, 0) is 5.41 Å². The van der Waals surface area contributed by atoms with Gasteiger partial charge in [-0.2, -0.15) is 0 Å². The van der Waals surface area contributed by atoms with Gasteiger partial charge in [0.2, 0.25) is 0 Å². The Morgan fingerprint density at radius 2 is 0.923 bits per heavy atom. The number of rotatable bonds is 3. The quantitative estimate of drug-likeness (QED) is 0.139. The van der Waals surface area contributed by atoms with Crippen LogP contribution in [0.1, 0.15) is 26.3 Å². The van der Waals surface area contributed by atoms with Gasteiger partial charge in [0.05, 0.1) is 27.6 Å². The van der Waals surface area contributed by atoms with Gasteiger partial charge in [0.1, 0.15) is 0 Å². The monoisotopic (exact) mass is 670 g/mol. The van der Waals surface area contributed by atoms with Crippen LogP contribution >= 0.6 is 0 Å². The second kappa shape index (κ2) is 11.0. The zero-order valence-electron chi connectivity index (χ0n) is 29.1. The Balaban J connectivity index is 1.34. The van der Waals surface area contributed by atoms with Crippen molar-refractivity contribution in [1.29, 1.82) is 0 Å². The molecular weight excluding hydrogens is 637 g/mol. The lowest BCUT2D eigenvalue weighted by atomic mass is 9.85. The maximum atomic E-state index is 14.8. The van der Waals surface area contributed by atoms with E-state index in [0.717, 1.165) is 66.3 Å². The molecule has 0 aliphatic carbocycles. The first-order valence-electron chi connectivity index (χ1n) is 17.8. The van der Waals surface area contributed by atoms with Gasteiger partial charge >= 0.3 is 0 Å². The molecule has 7 aromatic carbocycles. The number of benzene rings is 7. The summed E-state index contributed by atoms with van der Waals surface area (Å²) in [7, 11) is 0. The number of fused-ring (bicyclic) bond motifs is 7. The largest absolute Gasteiger partial charge is 0.309 e. The van der Waals surface area contributed by atoms with Crippen molar-refractivity contribution in [2.75, 3.05) is 0 Å². The summed E-state index contributed by atoms with van der Waals surface area (Å²) in [6, 6.07) is 52.2. The van der Waals surface area contributed by atoms with E-state index < -0.39 is 0 Å². The van der Waals surface area contributed by atoms with E-state index in [1.807, 2.05) is 54.6 Å². The Morgan fingerprint density at radius 3 is 1.50 bits per heavy atom. The van der Waals surface area contributed by atoms with Crippen LogP contribution in [0.4, 0.5) is 0 Å². The Morgan fingerprint density at radius 1 is 0.404 bits per heavy atom. The molecule has 4 nitrogen and oxygen atoms in total. The minimum absolute atomic E-state index is 0.0456. The molecule has 3 aromatic heterocycles. The first-order chi connectivity index (χ1) is 25.3. The lowest BCUT2D eigenvalue weighted by molar-refractivity contribution is 0.591. The molecule has 52 heavy (non-hydrogen) atoms. The molecule has 3 heterocycles. The minimum Gasteiger partial charge on any atom is -0.309 e. The third kappa shape index (κ3) is 4.40. The van der Waals surface area contributed by atoms with Crippen LogP contribution in [-0.4, -0.2) is 8.97 Å². The number of pyridine rings is 2. The first kappa shape index (κ1) is 30.3. The van der Waals surface area contributed by atoms with E-state index in [4.69, 9.17) is 0 Å². The van der Waals surface area contributed by atoms with Gasteiger partial charge in [0, 0.05) is 38.0 Å². The van der Waals surface area contributed by atoms with E-state index in [0.29, 0.717) is 27.1 Å². The third-order valence-electron chi connectivity index (χ3n) is 10.8. The zero-order valence-corrected chi connectivity index (χ0v) is 29.1. The van der Waals surface area contributed by atoms with Crippen molar-refractivity contribution >= 4 is 59.9 Å². The van der Waals surface area contributed by atoms with Gasteiger partial charge in [0.25, 0.3) is 0 Å². The zero-order chi connectivity index (χ0) is 35.3. The fourth-order valence-corrected chi connectivity index (χ4v) is 8.13. The highest BCUT2D eigenvalue weighted by Crippen LogP contribution is 2.38. The van der Waals surface area contributed by atoms with Gasteiger partial charge < -0.3 is 8.97 Å². The van der Waals surface area contributed by atoms with Gasteiger partial charge in [-0.1, -0.05) is 118 Å². The summed E-state index contributed by atoms with van der Waals surface area (Å²) in [5.41, 5.74) is 10.4. The molecule has 0 amide bonds. The first-order valence-corrected chi connectivity index (χ1v) is 17.8. The van der Waals surface area contributed by atoms with Crippen LogP contribution in [0.2, 0.25) is 0 Å². The Hall–Kier alpha value is -6.52. The van der Waals surface area contributed by atoms with Gasteiger partial charge in [-0.15, -0.1) is 0 Å². The Bertz CT molecular complexity index is 3090. The smallest absolute Gasteiger partial charge is 0.197 e. The van der Waals surface area contributed by atoms with Crippen LogP contribution in [0.5, 0.6) is 0 Å². The van der Waals surface area contributed by atoms with Crippen molar-refractivity contribution in [3.8, 4) is 27.9 Å². The normalized spacial score (nSPS) is 12.3. The van der Waals surface area contributed by atoms with Crippen molar-refractivity contribution in [2.45, 2.75) is 26.2 Å². The lowest BCUT2D eigenvalue weighted by Crippen LogP contribution is -2.18. The van der Waals surface area contributed by atoms with E-state index in [-0.39, 0.29) is 16.3 Å². The average Bonchev–Trinajstić information content (AvgIpc) is 3.50. The van der Waals surface area contributed by atoms with E-state index >= 15 is 0 Å². The molecule has 4 heteroatoms. The molecule has 10 aromatic rings. The number of aromatic nitrogens is 2. The molecule has 10 rings (SSSR count). The molecule has 0 aliphatic heterocycles. The summed E-state index contributed by atoms with van der Waals surface area (Å²) >= 11 is 0. The predicted octanol–water partition coefficient (Wildman–Crippen LogP) is 11.3. The van der Waals surface area contributed by atoms with Crippen molar-refractivity contribution in [1.82, 2.24) is 8.97 Å². The predicted molar refractivity (Wildman–Crippen MR) is 218 cm³/mol. The summed E-state index contributed by atoms with van der Waals surface area (Å²) in [5, 5.41) is 4.68. The molecule has 0 radical (unpaired) electrons. The van der Waals surface area contributed by atoms with E-state index in [1.165, 1.54) is 0 Å². The van der Waals surface area contributed by atoms with Gasteiger partial charge in [-0.3, -0.25) is 9.59 Å². The van der Waals surface area contributed by atoms with Crippen molar-refractivity contribution in [3.63, 3.8) is 0 Å². The van der Waals surface area contributed by atoms with Crippen LogP contribution < -0.4 is 10.9 Å². The molecule has 0 saturated heterocycles. The summed E-state index contributed by atoms with van der Waals surface area (Å²) in [4.78, 5) is 28.8. The molecule has 0 unspecified atom stereocenters. The van der Waals surface area contributed by atoms with Crippen LogP contribution in [0.25, 0.3) is 87.8 Å². The van der Waals surface area contributed by atoms with E-state index in [2.05, 4.69) is 127 Å².